The van der Waals surface area contributed by atoms with E-state index in [1.807, 2.05) is 18.2 Å². The van der Waals surface area contributed by atoms with Gasteiger partial charge in [-0.2, -0.15) is 5.10 Å². The van der Waals surface area contributed by atoms with Gasteiger partial charge in [-0.15, -0.1) is 5.10 Å². The molecule has 2 heterocycles. The van der Waals surface area contributed by atoms with Gasteiger partial charge in [0, 0.05) is 11.2 Å². The molecule has 10 heteroatoms. The van der Waals surface area contributed by atoms with Crippen LogP contribution in [0.25, 0.3) is 0 Å². The van der Waals surface area contributed by atoms with Gasteiger partial charge >= 0.3 is 5.97 Å². The highest BCUT2D eigenvalue weighted by Gasteiger charge is 2.16. The number of hydrogen-bond donors (Lipinski definition) is 2. The average molecular weight is 361 g/mol. The summed E-state index contributed by atoms with van der Waals surface area (Å²) in [5, 5.41) is 19.9. The lowest BCUT2D eigenvalue weighted by Gasteiger charge is -2.04. The van der Waals surface area contributed by atoms with Crippen molar-refractivity contribution in [2.45, 2.75) is 13.1 Å². The molecular formula is C15H13ClN6O3. The van der Waals surface area contributed by atoms with Crippen molar-refractivity contribution in [3.8, 4) is 0 Å². The number of hydrogen-bond acceptors (Lipinski definition) is 5. The van der Waals surface area contributed by atoms with Crippen LogP contribution in [-0.2, 0) is 17.9 Å². The Balaban J connectivity index is 1.69. The van der Waals surface area contributed by atoms with Crippen LogP contribution >= 0.6 is 11.6 Å². The highest BCUT2D eigenvalue weighted by atomic mass is 35.5. The summed E-state index contributed by atoms with van der Waals surface area (Å²) in [6.07, 6.45) is 2.81. The van der Waals surface area contributed by atoms with E-state index in [1.165, 1.54) is 23.3 Å². The number of carbonyl (C=O) groups is 2. The zero-order valence-corrected chi connectivity index (χ0v) is 13.6. The first-order chi connectivity index (χ1) is 12.0. The molecule has 3 aromatic rings. The molecule has 0 atom stereocenters. The molecule has 0 bridgehead atoms. The number of anilines is 1. The largest absolute Gasteiger partial charge is 0.480 e. The van der Waals surface area contributed by atoms with Gasteiger partial charge < -0.3 is 5.11 Å². The van der Waals surface area contributed by atoms with Crippen LogP contribution in [0.3, 0.4) is 0 Å². The molecule has 1 aromatic carbocycles. The molecule has 128 valence electrons. The minimum absolute atomic E-state index is 0.0973. The van der Waals surface area contributed by atoms with Crippen molar-refractivity contribution in [1.29, 1.82) is 0 Å². The van der Waals surface area contributed by atoms with Crippen LogP contribution in [0.5, 0.6) is 0 Å². The van der Waals surface area contributed by atoms with E-state index in [0.717, 1.165) is 10.2 Å². The van der Waals surface area contributed by atoms with E-state index in [9.17, 15) is 9.59 Å². The zero-order chi connectivity index (χ0) is 17.8. The minimum Gasteiger partial charge on any atom is -0.480 e. The second kappa shape index (κ2) is 7.14. The maximum Gasteiger partial charge on any atom is 0.325 e. The first-order valence-electron chi connectivity index (χ1n) is 7.21. The highest BCUT2D eigenvalue weighted by Crippen LogP contribution is 2.16. The van der Waals surface area contributed by atoms with Gasteiger partial charge in [0.05, 0.1) is 6.54 Å². The second-order valence-electron chi connectivity index (χ2n) is 5.08. The van der Waals surface area contributed by atoms with E-state index >= 15 is 0 Å². The summed E-state index contributed by atoms with van der Waals surface area (Å²) in [4.78, 5) is 27.0. The Hall–Kier alpha value is -3.20. The number of benzene rings is 1. The molecule has 9 nitrogen and oxygen atoms in total. The number of aromatic nitrogens is 5. The number of halogens is 1. The first-order valence-corrected chi connectivity index (χ1v) is 7.58. The lowest BCUT2D eigenvalue weighted by atomic mass is 10.2. The normalized spacial score (nSPS) is 10.6. The molecular weight excluding hydrogens is 348 g/mol. The number of nitrogens with one attached hydrogen (secondary N) is 1. The minimum atomic E-state index is -1.10. The van der Waals surface area contributed by atoms with Crippen LogP contribution in [0.2, 0.25) is 5.02 Å². The third-order valence-electron chi connectivity index (χ3n) is 3.29. The molecule has 0 spiro atoms. The van der Waals surface area contributed by atoms with Crippen molar-refractivity contribution in [3.63, 3.8) is 0 Å². The predicted octanol–water partition coefficient (Wildman–Crippen LogP) is 1.51. The maximum atomic E-state index is 12.2. The Labute approximate surface area is 146 Å². The number of carbonyl (C=O) groups excluding carboxylic acids is 1. The van der Waals surface area contributed by atoms with Crippen LogP contribution in [0.1, 0.15) is 16.1 Å². The standard InChI is InChI=1S/C15H13ClN6O3/c16-11-4-2-1-3-10(11)7-21-9-17-15(20-21)19-14(25)12-5-6-18-22(12)8-13(23)24/h1-6,9H,7-8H2,(H,23,24)(H,19,20,25). The van der Waals surface area contributed by atoms with E-state index in [4.69, 9.17) is 16.7 Å². The highest BCUT2D eigenvalue weighted by molar-refractivity contribution is 6.31. The molecule has 25 heavy (non-hydrogen) atoms. The molecule has 2 aromatic heterocycles. The smallest absolute Gasteiger partial charge is 0.325 e. The first kappa shape index (κ1) is 16.7. The molecule has 0 aliphatic heterocycles. The number of carboxylic acids is 1. The number of carboxylic acid groups (broad SMARTS) is 1. The van der Waals surface area contributed by atoms with Gasteiger partial charge in [0.25, 0.3) is 5.91 Å². The quantitative estimate of drug-likeness (QED) is 0.688. The summed E-state index contributed by atoms with van der Waals surface area (Å²) < 4.78 is 2.61. The second-order valence-corrected chi connectivity index (χ2v) is 5.49. The Kier molecular flexibility index (Phi) is 4.75. The Morgan fingerprint density at radius 1 is 1.24 bits per heavy atom. The third kappa shape index (κ3) is 4.01. The van der Waals surface area contributed by atoms with E-state index in [1.54, 1.807) is 6.07 Å². The lowest BCUT2D eigenvalue weighted by molar-refractivity contribution is -0.137. The van der Waals surface area contributed by atoms with Crippen molar-refractivity contribution in [3.05, 3.63) is 59.1 Å². The lowest BCUT2D eigenvalue weighted by Crippen LogP contribution is -2.21. The molecule has 0 fully saturated rings. The summed E-state index contributed by atoms with van der Waals surface area (Å²) in [5.74, 6) is -1.55. The molecule has 0 radical (unpaired) electrons. The molecule has 1 amide bonds. The Morgan fingerprint density at radius 2 is 2.04 bits per heavy atom. The maximum absolute atomic E-state index is 12.2. The Morgan fingerprint density at radius 3 is 2.80 bits per heavy atom. The molecule has 0 unspecified atom stereocenters. The molecule has 0 saturated heterocycles. The summed E-state index contributed by atoms with van der Waals surface area (Å²) in [6.45, 7) is -0.0103. The van der Waals surface area contributed by atoms with Crippen LogP contribution in [-0.4, -0.2) is 41.5 Å². The summed E-state index contributed by atoms with van der Waals surface area (Å²) in [5.41, 5.74) is 0.969. The van der Waals surface area contributed by atoms with Gasteiger partial charge in [-0.3, -0.25) is 14.9 Å². The van der Waals surface area contributed by atoms with Crippen LogP contribution in [0.4, 0.5) is 5.95 Å². The summed E-state index contributed by atoms with van der Waals surface area (Å²) in [7, 11) is 0. The van der Waals surface area contributed by atoms with Gasteiger partial charge in [0.15, 0.2) is 0 Å². The number of rotatable bonds is 6. The van der Waals surface area contributed by atoms with Gasteiger partial charge in [0.1, 0.15) is 18.6 Å². The fourth-order valence-corrected chi connectivity index (χ4v) is 2.37. The van der Waals surface area contributed by atoms with Crippen LogP contribution in [0, 0.1) is 0 Å². The van der Waals surface area contributed by atoms with Crippen LogP contribution < -0.4 is 5.32 Å². The third-order valence-corrected chi connectivity index (χ3v) is 3.65. The zero-order valence-electron chi connectivity index (χ0n) is 12.8. The number of nitrogens with zero attached hydrogens (tertiary/aromatic N) is 5. The monoisotopic (exact) mass is 360 g/mol. The van der Waals surface area contributed by atoms with Crippen LogP contribution in [0.15, 0.2) is 42.9 Å². The van der Waals surface area contributed by atoms with Crippen molar-refractivity contribution < 1.29 is 14.7 Å². The predicted molar refractivity (Wildman–Crippen MR) is 88.4 cm³/mol. The fourth-order valence-electron chi connectivity index (χ4n) is 2.17. The number of amides is 1. The van der Waals surface area contributed by atoms with Gasteiger partial charge in [-0.05, 0) is 17.7 Å². The molecule has 0 aliphatic rings. The van der Waals surface area contributed by atoms with Gasteiger partial charge in [0.2, 0.25) is 5.95 Å². The van der Waals surface area contributed by atoms with E-state index in [0.29, 0.717) is 11.6 Å². The van der Waals surface area contributed by atoms with Gasteiger partial charge in [-0.25, -0.2) is 14.3 Å². The summed E-state index contributed by atoms with van der Waals surface area (Å²) >= 11 is 6.10. The van der Waals surface area contributed by atoms with Crippen molar-refractivity contribution >= 4 is 29.4 Å². The topological polar surface area (TPSA) is 115 Å². The number of aliphatic carboxylic acids is 1. The molecule has 2 N–H and O–H groups in total. The van der Waals surface area contributed by atoms with E-state index < -0.39 is 18.4 Å². The van der Waals surface area contributed by atoms with Crippen molar-refractivity contribution in [2.75, 3.05) is 5.32 Å². The molecule has 0 aliphatic carbocycles. The molecule has 0 saturated carbocycles. The van der Waals surface area contributed by atoms with Crippen molar-refractivity contribution in [2.24, 2.45) is 0 Å². The molecule has 3 rings (SSSR count). The fraction of sp³-hybridized carbons (Fsp3) is 0.133. The summed E-state index contributed by atoms with van der Waals surface area (Å²) in [6, 6.07) is 8.76. The van der Waals surface area contributed by atoms with E-state index in [2.05, 4.69) is 20.5 Å². The Bertz CT molecular complexity index is 919. The van der Waals surface area contributed by atoms with Crippen molar-refractivity contribution in [1.82, 2.24) is 24.5 Å². The SMILES string of the molecule is O=C(O)Cn1nccc1C(=O)Nc1ncn(Cc2ccccc2Cl)n1. The average Bonchev–Trinajstić information content (AvgIpc) is 3.18. The van der Waals surface area contributed by atoms with Gasteiger partial charge in [-0.1, -0.05) is 29.8 Å². The van der Waals surface area contributed by atoms with E-state index in [-0.39, 0.29) is 11.6 Å².